The number of pyridine rings is 1. The van der Waals surface area contributed by atoms with E-state index in [2.05, 4.69) is 24.1 Å². The number of nitrogens with one attached hydrogen (secondary N) is 1. The number of hydrogen-bond donors (Lipinski definition) is 1. The molecule has 0 aromatic carbocycles. The lowest BCUT2D eigenvalue weighted by Crippen LogP contribution is -2.14. The van der Waals surface area contributed by atoms with Gasteiger partial charge in [-0.05, 0) is 31.0 Å². The maximum Gasteiger partial charge on any atom is 0.232 e. The SMILES string of the molecule is CCCCCCOc1ncc(CNCCC)cc1Cl. The van der Waals surface area contributed by atoms with Crippen molar-refractivity contribution in [1.29, 1.82) is 0 Å². The molecule has 4 heteroatoms. The Morgan fingerprint density at radius 1 is 1.21 bits per heavy atom. The summed E-state index contributed by atoms with van der Waals surface area (Å²) in [5.74, 6) is 0.553. The van der Waals surface area contributed by atoms with Crippen molar-refractivity contribution < 1.29 is 4.74 Å². The van der Waals surface area contributed by atoms with Crippen LogP contribution in [-0.4, -0.2) is 18.1 Å². The molecule has 0 amide bonds. The highest BCUT2D eigenvalue weighted by Gasteiger charge is 2.04. The Kier molecular flexibility index (Phi) is 8.59. The molecule has 1 aromatic heterocycles. The van der Waals surface area contributed by atoms with Gasteiger partial charge >= 0.3 is 0 Å². The molecule has 1 N–H and O–H groups in total. The van der Waals surface area contributed by atoms with Crippen LogP contribution in [0, 0.1) is 0 Å². The van der Waals surface area contributed by atoms with Crippen LogP contribution in [-0.2, 0) is 6.54 Å². The molecule has 0 aliphatic carbocycles. The van der Waals surface area contributed by atoms with E-state index >= 15 is 0 Å². The minimum atomic E-state index is 0.553. The maximum atomic E-state index is 6.17. The molecule has 1 heterocycles. The maximum absolute atomic E-state index is 6.17. The van der Waals surface area contributed by atoms with Gasteiger partial charge in [0.1, 0.15) is 5.02 Å². The van der Waals surface area contributed by atoms with Crippen molar-refractivity contribution >= 4 is 11.6 Å². The van der Waals surface area contributed by atoms with Crippen molar-refractivity contribution in [2.24, 2.45) is 0 Å². The summed E-state index contributed by atoms with van der Waals surface area (Å²) < 4.78 is 5.60. The van der Waals surface area contributed by atoms with Crippen molar-refractivity contribution in [3.63, 3.8) is 0 Å². The average Bonchev–Trinajstić information content (AvgIpc) is 2.41. The predicted octanol–water partition coefficient (Wildman–Crippen LogP) is 4.19. The van der Waals surface area contributed by atoms with Crippen LogP contribution in [0.15, 0.2) is 12.3 Å². The molecular formula is C15H25ClN2O. The normalized spacial score (nSPS) is 10.7. The number of halogens is 1. The van der Waals surface area contributed by atoms with Crippen molar-refractivity contribution in [2.75, 3.05) is 13.2 Å². The Hall–Kier alpha value is -0.800. The zero-order valence-corrected chi connectivity index (χ0v) is 12.8. The van der Waals surface area contributed by atoms with Crippen molar-refractivity contribution in [3.05, 3.63) is 22.8 Å². The van der Waals surface area contributed by atoms with E-state index in [1.165, 1.54) is 19.3 Å². The Morgan fingerprint density at radius 3 is 2.74 bits per heavy atom. The topological polar surface area (TPSA) is 34.1 Å². The summed E-state index contributed by atoms with van der Waals surface area (Å²) in [5.41, 5.74) is 1.09. The zero-order chi connectivity index (χ0) is 13.9. The molecule has 0 atom stereocenters. The first-order valence-electron chi connectivity index (χ1n) is 7.25. The number of nitrogens with zero attached hydrogens (tertiary/aromatic N) is 1. The molecule has 19 heavy (non-hydrogen) atoms. The quantitative estimate of drug-likeness (QED) is 0.654. The van der Waals surface area contributed by atoms with Crippen LogP contribution in [0.5, 0.6) is 5.88 Å². The van der Waals surface area contributed by atoms with Gasteiger partial charge in [-0.2, -0.15) is 0 Å². The minimum absolute atomic E-state index is 0.553. The summed E-state index contributed by atoms with van der Waals surface area (Å²) in [5, 5.41) is 3.93. The van der Waals surface area contributed by atoms with E-state index in [9.17, 15) is 0 Å². The van der Waals surface area contributed by atoms with Gasteiger partial charge in [-0.1, -0.05) is 44.7 Å². The number of aromatic nitrogens is 1. The molecule has 1 rings (SSSR count). The number of ether oxygens (including phenoxy) is 1. The largest absolute Gasteiger partial charge is 0.477 e. The molecule has 108 valence electrons. The third-order valence-electron chi connectivity index (χ3n) is 2.86. The Labute approximate surface area is 121 Å². The third-order valence-corrected chi connectivity index (χ3v) is 3.13. The standard InChI is InChI=1S/C15H25ClN2O/c1-3-5-6-7-9-19-15-14(16)10-13(12-18-15)11-17-8-4-2/h10,12,17H,3-9,11H2,1-2H3. The molecule has 0 unspecified atom stereocenters. The van der Waals surface area contributed by atoms with Gasteiger partial charge in [0.15, 0.2) is 0 Å². The van der Waals surface area contributed by atoms with E-state index in [0.29, 0.717) is 17.5 Å². The highest BCUT2D eigenvalue weighted by Crippen LogP contribution is 2.22. The smallest absolute Gasteiger partial charge is 0.232 e. The third kappa shape index (κ3) is 6.79. The van der Waals surface area contributed by atoms with Crippen LogP contribution in [0.3, 0.4) is 0 Å². The fraction of sp³-hybridized carbons (Fsp3) is 0.667. The van der Waals surface area contributed by atoms with Gasteiger partial charge in [0.2, 0.25) is 5.88 Å². The van der Waals surface area contributed by atoms with Gasteiger partial charge in [-0.15, -0.1) is 0 Å². The Balaban J connectivity index is 2.34. The molecule has 0 fully saturated rings. The van der Waals surface area contributed by atoms with E-state index in [-0.39, 0.29) is 0 Å². The number of unbranched alkanes of at least 4 members (excludes halogenated alkanes) is 3. The Bertz CT molecular complexity index is 358. The average molecular weight is 285 g/mol. The van der Waals surface area contributed by atoms with E-state index in [1.54, 1.807) is 0 Å². The van der Waals surface area contributed by atoms with Crippen LogP contribution in [0.4, 0.5) is 0 Å². The van der Waals surface area contributed by atoms with Gasteiger partial charge in [0.25, 0.3) is 0 Å². The van der Waals surface area contributed by atoms with Gasteiger partial charge in [-0.3, -0.25) is 0 Å². The van der Waals surface area contributed by atoms with E-state index in [1.807, 2.05) is 12.3 Å². The molecule has 1 aromatic rings. The lowest BCUT2D eigenvalue weighted by atomic mass is 10.2. The predicted molar refractivity (Wildman–Crippen MR) is 80.9 cm³/mol. The second-order valence-corrected chi connectivity index (χ2v) is 5.12. The fourth-order valence-electron chi connectivity index (χ4n) is 1.78. The van der Waals surface area contributed by atoms with Gasteiger partial charge in [-0.25, -0.2) is 4.98 Å². The van der Waals surface area contributed by atoms with Crippen molar-refractivity contribution in [1.82, 2.24) is 10.3 Å². The summed E-state index contributed by atoms with van der Waals surface area (Å²) in [6.45, 7) is 6.85. The van der Waals surface area contributed by atoms with Crippen LogP contribution in [0.2, 0.25) is 5.02 Å². The second kappa shape index (κ2) is 10.0. The van der Waals surface area contributed by atoms with E-state index in [0.717, 1.165) is 31.5 Å². The molecule has 0 saturated carbocycles. The molecule has 0 radical (unpaired) electrons. The highest BCUT2D eigenvalue weighted by atomic mass is 35.5. The monoisotopic (exact) mass is 284 g/mol. The number of rotatable bonds is 10. The van der Waals surface area contributed by atoms with Crippen LogP contribution in [0.25, 0.3) is 0 Å². The van der Waals surface area contributed by atoms with Gasteiger partial charge in [0, 0.05) is 12.7 Å². The summed E-state index contributed by atoms with van der Waals surface area (Å²) in [6.07, 6.45) is 7.71. The summed E-state index contributed by atoms with van der Waals surface area (Å²) in [6, 6.07) is 1.93. The lowest BCUT2D eigenvalue weighted by Gasteiger charge is -2.08. The van der Waals surface area contributed by atoms with Crippen LogP contribution in [0.1, 0.15) is 51.5 Å². The lowest BCUT2D eigenvalue weighted by molar-refractivity contribution is 0.294. The molecule has 0 aliphatic rings. The molecule has 3 nitrogen and oxygen atoms in total. The number of hydrogen-bond acceptors (Lipinski definition) is 3. The van der Waals surface area contributed by atoms with Gasteiger partial charge < -0.3 is 10.1 Å². The first-order chi connectivity index (χ1) is 9.27. The summed E-state index contributed by atoms with van der Waals surface area (Å²) in [7, 11) is 0. The fourth-order valence-corrected chi connectivity index (χ4v) is 2.02. The zero-order valence-electron chi connectivity index (χ0n) is 12.0. The second-order valence-electron chi connectivity index (χ2n) is 4.72. The minimum Gasteiger partial charge on any atom is -0.477 e. The molecule has 0 aliphatic heterocycles. The highest BCUT2D eigenvalue weighted by molar-refractivity contribution is 6.31. The molecule has 0 saturated heterocycles. The molecular weight excluding hydrogens is 260 g/mol. The van der Waals surface area contributed by atoms with Crippen LogP contribution < -0.4 is 10.1 Å². The Morgan fingerprint density at radius 2 is 2.05 bits per heavy atom. The molecule has 0 bridgehead atoms. The van der Waals surface area contributed by atoms with Crippen molar-refractivity contribution in [3.8, 4) is 5.88 Å². The van der Waals surface area contributed by atoms with Crippen LogP contribution >= 0.6 is 11.6 Å². The molecule has 0 spiro atoms. The first-order valence-corrected chi connectivity index (χ1v) is 7.63. The summed E-state index contributed by atoms with van der Waals surface area (Å²) >= 11 is 6.17. The van der Waals surface area contributed by atoms with Gasteiger partial charge in [0.05, 0.1) is 6.61 Å². The van der Waals surface area contributed by atoms with Crippen molar-refractivity contribution in [2.45, 2.75) is 52.5 Å². The van der Waals surface area contributed by atoms with E-state index < -0.39 is 0 Å². The first kappa shape index (κ1) is 16.3. The summed E-state index contributed by atoms with van der Waals surface area (Å²) in [4.78, 5) is 4.28. The van der Waals surface area contributed by atoms with E-state index in [4.69, 9.17) is 16.3 Å².